The summed E-state index contributed by atoms with van der Waals surface area (Å²) in [6, 6.07) is 21.8. The summed E-state index contributed by atoms with van der Waals surface area (Å²) in [5.74, 6) is 1.68. The van der Waals surface area contributed by atoms with Crippen molar-refractivity contribution in [2.24, 2.45) is 0 Å². The van der Waals surface area contributed by atoms with Crippen molar-refractivity contribution in [1.29, 1.82) is 0 Å². The fraction of sp³-hybridized carbons (Fsp3) is 0.100. The first-order valence-corrected chi connectivity index (χ1v) is 9.76. The standard InChI is InChI=1S/C20H17Cl2O2P/c1-23-17-7-3-5-9-19(17)25(14-11-12-15(21)16(22)13-14)20-10-6-4-8-18(20)24-2/h3-13H,1-2H3. The minimum atomic E-state index is -0.921. The highest BCUT2D eigenvalue weighted by atomic mass is 35.5. The van der Waals surface area contributed by atoms with Gasteiger partial charge >= 0.3 is 0 Å². The molecule has 3 aromatic rings. The molecule has 3 aromatic carbocycles. The lowest BCUT2D eigenvalue weighted by atomic mass is 10.3. The summed E-state index contributed by atoms with van der Waals surface area (Å²) in [5.41, 5.74) is 0. The van der Waals surface area contributed by atoms with Crippen LogP contribution >= 0.6 is 31.1 Å². The second-order valence-corrected chi connectivity index (χ2v) is 8.24. The lowest BCUT2D eigenvalue weighted by molar-refractivity contribution is 0.417. The molecule has 128 valence electrons. The second-order valence-electron chi connectivity index (χ2n) is 5.28. The lowest BCUT2D eigenvalue weighted by Gasteiger charge is -2.23. The summed E-state index contributed by atoms with van der Waals surface area (Å²) in [5, 5.41) is 4.36. The number of methoxy groups -OCH3 is 2. The molecule has 0 bridgehead atoms. The van der Waals surface area contributed by atoms with Crippen LogP contribution in [0.25, 0.3) is 0 Å². The van der Waals surface area contributed by atoms with Crippen LogP contribution in [0, 0.1) is 0 Å². The minimum Gasteiger partial charge on any atom is -0.496 e. The van der Waals surface area contributed by atoms with Gasteiger partial charge in [0.1, 0.15) is 11.5 Å². The first kappa shape index (κ1) is 18.1. The van der Waals surface area contributed by atoms with Gasteiger partial charge in [-0.3, -0.25) is 0 Å². The molecule has 0 aliphatic heterocycles. The van der Waals surface area contributed by atoms with Gasteiger partial charge in [-0.05, 0) is 37.5 Å². The quantitative estimate of drug-likeness (QED) is 0.584. The molecule has 25 heavy (non-hydrogen) atoms. The van der Waals surface area contributed by atoms with E-state index in [4.69, 9.17) is 32.7 Å². The van der Waals surface area contributed by atoms with E-state index < -0.39 is 7.92 Å². The van der Waals surface area contributed by atoms with Gasteiger partial charge < -0.3 is 9.47 Å². The molecule has 0 spiro atoms. The highest BCUT2D eigenvalue weighted by Gasteiger charge is 2.23. The zero-order valence-corrected chi connectivity index (χ0v) is 16.3. The van der Waals surface area contributed by atoms with Gasteiger partial charge in [-0.1, -0.05) is 65.7 Å². The number of benzene rings is 3. The molecule has 0 heterocycles. The van der Waals surface area contributed by atoms with Gasteiger partial charge in [-0.15, -0.1) is 0 Å². The molecule has 0 fully saturated rings. The summed E-state index contributed by atoms with van der Waals surface area (Å²) in [6.07, 6.45) is 0. The molecule has 2 nitrogen and oxygen atoms in total. The van der Waals surface area contributed by atoms with Gasteiger partial charge in [0.2, 0.25) is 0 Å². The Bertz CT molecular complexity index is 836. The summed E-state index contributed by atoms with van der Waals surface area (Å²) in [6.45, 7) is 0. The third kappa shape index (κ3) is 3.77. The van der Waals surface area contributed by atoms with Crippen LogP contribution in [0.1, 0.15) is 0 Å². The van der Waals surface area contributed by atoms with E-state index in [0.717, 1.165) is 27.4 Å². The van der Waals surface area contributed by atoms with Gasteiger partial charge in [0.25, 0.3) is 0 Å². The largest absolute Gasteiger partial charge is 0.496 e. The van der Waals surface area contributed by atoms with E-state index in [2.05, 4.69) is 12.1 Å². The highest BCUT2D eigenvalue weighted by Crippen LogP contribution is 2.40. The van der Waals surface area contributed by atoms with Crippen LogP contribution in [0.2, 0.25) is 10.0 Å². The third-order valence-corrected chi connectivity index (χ3v) is 7.05. The Balaban J connectivity index is 2.26. The van der Waals surface area contributed by atoms with E-state index in [1.165, 1.54) is 0 Å². The van der Waals surface area contributed by atoms with Crippen LogP contribution in [-0.4, -0.2) is 14.2 Å². The van der Waals surface area contributed by atoms with E-state index in [-0.39, 0.29) is 0 Å². The SMILES string of the molecule is COc1ccccc1P(c1ccc(Cl)c(Cl)c1)c1ccccc1OC. The van der Waals surface area contributed by atoms with Crippen molar-refractivity contribution in [1.82, 2.24) is 0 Å². The summed E-state index contributed by atoms with van der Waals surface area (Å²) >= 11 is 12.4. The van der Waals surface area contributed by atoms with Gasteiger partial charge in [0, 0.05) is 10.6 Å². The molecular weight excluding hydrogens is 374 g/mol. The first-order valence-electron chi connectivity index (χ1n) is 7.67. The normalized spacial score (nSPS) is 10.8. The average molecular weight is 391 g/mol. The minimum absolute atomic E-state index is 0.538. The molecule has 0 aliphatic carbocycles. The molecule has 5 heteroatoms. The van der Waals surface area contributed by atoms with E-state index in [1.54, 1.807) is 14.2 Å². The van der Waals surface area contributed by atoms with Crippen LogP contribution in [0.3, 0.4) is 0 Å². The number of ether oxygens (including phenoxy) is 2. The maximum atomic E-state index is 6.30. The Kier molecular flexibility index (Phi) is 5.86. The van der Waals surface area contributed by atoms with Crippen LogP contribution in [0.5, 0.6) is 11.5 Å². The maximum absolute atomic E-state index is 6.30. The van der Waals surface area contributed by atoms with Gasteiger partial charge in [-0.2, -0.15) is 0 Å². The Morgan fingerprint density at radius 2 is 1.20 bits per heavy atom. The van der Waals surface area contributed by atoms with Crippen molar-refractivity contribution in [3.8, 4) is 11.5 Å². The number of hydrogen-bond acceptors (Lipinski definition) is 2. The fourth-order valence-electron chi connectivity index (χ4n) is 2.66. The Morgan fingerprint density at radius 1 is 0.680 bits per heavy atom. The molecule has 0 aromatic heterocycles. The van der Waals surface area contributed by atoms with Crippen LogP contribution in [-0.2, 0) is 0 Å². The molecule has 0 amide bonds. The summed E-state index contributed by atoms with van der Waals surface area (Å²) in [4.78, 5) is 0. The third-order valence-electron chi connectivity index (χ3n) is 3.81. The summed E-state index contributed by atoms with van der Waals surface area (Å²) in [7, 11) is 2.45. The van der Waals surface area contributed by atoms with Gasteiger partial charge in [0.05, 0.1) is 24.3 Å². The number of rotatable bonds is 5. The second kappa shape index (κ2) is 8.10. The van der Waals surface area contributed by atoms with Crippen LogP contribution in [0.15, 0.2) is 66.7 Å². The Labute approximate surface area is 159 Å². The number of halogens is 2. The molecule has 0 N–H and O–H groups in total. The highest BCUT2D eigenvalue weighted by molar-refractivity contribution is 7.80. The average Bonchev–Trinajstić information content (AvgIpc) is 2.65. The molecular formula is C20H17Cl2O2P. The fourth-order valence-corrected chi connectivity index (χ4v) is 5.58. The van der Waals surface area contributed by atoms with Gasteiger partial charge in [-0.25, -0.2) is 0 Å². The monoisotopic (exact) mass is 390 g/mol. The van der Waals surface area contributed by atoms with Crippen molar-refractivity contribution in [2.45, 2.75) is 0 Å². The van der Waals surface area contributed by atoms with Gasteiger partial charge in [0.15, 0.2) is 0 Å². The molecule has 0 saturated carbocycles. The number of hydrogen-bond donors (Lipinski definition) is 0. The summed E-state index contributed by atoms with van der Waals surface area (Å²) < 4.78 is 11.2. The van der Waals surface area contributed by atoms with E-state index in [1.807, 2.05) is 54.6 Å². The zero-order valence-electron chi connectivity index (χ0n) is 13.9. The topological polar surface area (TPSA) is 18.5 Å². The molecule has 0 aliphatic rings. The zero-order chi connectivity index (χ0) is 17.8. The Hall–Kier alpha value is -1.73. The smallest absolute Gasteiger partial charge is 0.127 e. The predicted octanol–water partition coefficient (Wildman–Crippen LogP) is 4.77. The Morgan fingerprint density at radius 3 is 1.68 bits per heavy atom. The van der Waals surface area contributed by atoms with Crippen molar-refractivity contribution in [2.75, 3.05) is 14.2 Å². The molecule has 0 radical (unpaired) electrons. The molecule has 0 atom stereocenters. The predicted molar refractivity (Wildman–Crippen MR) is 108 cm³/mol. The van der Waals surface area contributed by atoms with E-state index in [0.29, 0.717) is 10.0 Å². The van der Waals surface area contributed by atoms with Crippen molar-refractivity contribution >= 4 is 47.0 Å². The molecule has 0 unspecified atom stereocenters. The van der Waals surface area contributed by atoms with Crippen LogP contribution < -0.4 is 25.4 Å². The van der Waals surface area contributed by atoms with Crippen LogP contribution in [0.4, 0.5) is 0 Å². The van der Waals surface area contributed by atoms with Crippen molar-refractivity contribution < 1.29 is 9.47 Å². The van der Waals surface area contributed by atoms with E-state index >= 15 is 0 Å². The van der Waals surface area contributed by atoms with E-state index in [9.17, 15) is 0 Å². The molecule has 0 saturated heterocycles. The van der Waals surface area contributed by atoms with Crippen molar-refractivity contribution in [3.05, 3.63) is 76.8 Å². The first-order chi connectivity index (χ1) is 12.2. The molecule has 3 rings (SSSR count). The number of para-hydroxylation sites is 2. The van der Waals surface area contributed by atoms with Crippen molar-refractivity contribution in [3.63, 3.8) is 0 Å². The maximum Gasteiger partial charge on any atom is 0.127 e. The lowest BCUT2D eigenvalue weighted by Crippen LogP contribution is -2.23.